The molecule has 0 bridgehead atoms. The Hall–Kier alpha value is -0.740. The van der Waals surface area contributed by atoms with Gasteiger partial charge in [-0.1, -0.05) is 15.9 Å². The molecule has 1 aliphatic rings. The number of aromatic nitrogens is 2. The zero-order valence-electron chi connectivity index (χ0n) is 10.1. The highest BCUT2D eigenvalue weighted by Crippen LogP contribution is 2.28. The summed E-state index contributed by atoms with van der Waals surface area (Å²) < 4.78 is 6.94. The van der Waals surface area contributed by atoms with E-state index in [1.807, 2.05) is 0 Å². The third kappa shape index (κ3) is 2.96. The summed E-state index contributed by atoms with van der Waals surface area (Å²) in [6.07, 6.45) is -0.887. The van der Waals surface area contributed by atoms with Crippen LogP contribution in [0, 0.1) is 0 Å². The zero-order chi connectivity index (χ0) is 14.9. The van der Waals surface area contributed by atoms with Crippen molar-refractivity contribution in [3.63, 3.8) is 0 Å². The smallest absolute Gasteiger partial charge is 0.330 e. The van der Waals surface area contributed by atoms with E-state index in [1.165, 1.54) is 11.2 Å². The van der Waals surface area contributed by atoms with Crippen molar-refractivity contribution >= 4 is 36.3 Å². The lowest BCUT2D eigenvalue weighted by atomic mass is 10.2. The Bertz CT molecular complexity index is 638. The summed E-state index contributed by atoms with van der Waals surface area (Å²) in [5.74, 6) is 0. The number of aliphatic hydroxyl groups is 2. The molecule has 2 heterocycles. The monoisotopic (exact) mass is 410 g/mol. The van der Waals surface area contributed by atoms with Gasteiger partial charge in [0.25, 0.3) is 5.56 Å². The lowest BCUT2D eigenvalue weighted by molar-refractivity contribution is -0.0530. The fourth-order valence-electron chi connectivity index (χ4n) is 2.00. The van der Waals surface area contributed by atoms with Crippen LogP contribution >= 0.6 is 31.9 Å². The first-order valence-corrected chi connectivity index (χ1v) is 7.45. The average molecular weight is 412 g/mol. The number of hydrogen-bond acceptors (Lipinski definition) is 5. The molecule has 0 spiro atoms. The first kappa shape index (κ1) is 15.6. The molecule has 3 atom stereocenters. The molecule has 0 unspecified atom stereocenters. The molecular weight excluding hydrogens is 400 g/mol. The predicted octanol–water partition coefficient (Wildman–Crippen LogP) is 0.266. The maximum atomic E-state index is 11.8. The molecule has 0 aromatic carbocycles. The lowest BCUT2D eigenvalue weighted by Gasteiger charge is -2.17. The molecule has 2 rings (SSSR count). The van der Waals surface area contributed by atoms with Crippen molar-refractivity contribution in [2.75, 3.05) is 6.61 Å². The van der Waals surface area contributed by atoms with E-state index in [9.17, 15) is 14.7 Å². The molecule has 1 aromatic heterocycles. The van der Waals surface area contributed by atoms with Gasteiger partial charge in [0, 0.05) is 17.1 Å². The van der Waals surface area contributed by atoms with Gasteiger partial charge in [-0.15, -0.1) is 0 Å². The fraction of sp³-hybridized carbons (Fsp3) is 0.455. The SMILES string of the molecule is O=c1[nH]c(=O)n([C@@H]2O[C@H](CO)C[C@H]2O)cc1/C(Br)=C\Br. The second-order valence-corrected chi connectivity index (χ2v) is 5.61. The molecular formula is C11H12Br2N2O5. The highest BCUT2D eigenvalue weighted by Gasteiger charge is 2.35. The van der Waals surface area contributed by atoms with E-state index in [1.54, 1.807) is 0 Å². The van der Waals surface area contributed by atoms with Crippen LogP contribution in [0.15, 0.2) is 20.8 Å². The van der Waals surface area contributed by atoms with Crippen LogP contribution in [-0.4, -0.2) is 38.6 Å². The largest absolute Gasteiger partial charge is 0.394 e. The Morgan fingerprint density at radius 2 is 2.30 bits per heavy atom. The van der Waals surface area contributed by atoms with Crippen molar-refractivity contribution < 1.29 is 14.9 Å². The Morgan fingerprint density at radius 1 is 1.60 bits per heavy atom. The molecule has 1 saturated heterocycles. The predicted molar refractivity (Wildman–Crippen MR) is 78.8 cm³/mol. The molecule has 20 heavy (non-hydrogen) atoms. The van der Waals surface area contributed by atoms with Gasteiger partial charge in [0.15, 0.2) is 6.23 Å². The second-order valence-electron chi connectivity index (χ2n) is 4.30. The van der Waals surface area contributed by atoms with E-state index in [0.717, 1.165) is 4.57 Å². The summed E-state index contributed by atoms with van der Waals surface area (Å²) in [5, 5.41) is 18.9. The summed E-state index contributed by atoms with van der Waals surface area (Å²) in [6, 6.07) is 0. The Kier molecular flexibility index (Phi) is 4.97. The van der Waals surface area contributed by atoms with Gasteiger partial charge >= 0.3 is 5.69 Å². The molecule has 0 aliphatic carbocycles. The fourth-order valence-corrected chi connectivity index (χ4v) is 2.53. The Labute approximate surface area is 130 Å². The van der Waals surface area contributed by atoms with Crippen LogP contribution in [-0.2, 0) is 4.74 Å². The van der Waals surface area contributed by atoms with Crippen molar-refractivity contribution in [1.29, 1.82) is 0 Å². The minimum atomic E-state index is -0.939. The molecule has 0 amide bonds. The molecule has 3 N–H and O–H groups in total. The number of halogens is 2. The summed E-state index contributed by atoms with van der Waals surface area (Å²) in [7, 11) is 0. The third-order valence-electron chi connectivity index (χ3n) is 2.96. The van der Waals surface area contributed by atoms with Crippen LogP contribution in [0.25, 0.3) is 4.48 Å². The molecule has 0 radical (unpaired) electrons. The van der Waals surface area contributed by atoms with E-state index in [0.29, 0.717) is 4.48 Å². The minimum Gasteiger partial charge on any atom is -0.394 e. The van der Waals surface area contributed by atoms with E-state index in [-0.39, 0.29) is 18.6 Å². The average Bonchev–Trinajstić information content (AvgIpc) is 2.79. The van der Waals surface area contributed by atoms with Crippen LogP contribution in [0.5, 0.6) is 0 Å². The third-order valence-corrected chi connectivity index (χ3v) is 4.69. The highest BCUT2D eigenvalue weighted by molar-refractivity contribution is 9.16. The van der Waals surface area contributed by atoms with Crippen LogP contribution in [0.1, 0.15) is 18.2 Å². The summed E-state index contributed by atoms with van der Waals surface area (Å²) in [6.45, 7) is -0.247. The van der Waals surface area contributed by atoms with E-state index < -0.39 is 29.7 Å². The van der Waals surface area contributed by atoms with Crippen LogP contribution < -0.4 is 11.2 Å². The van der Waals surface area contributed by atoms with E-state index >= 15 is 0 Å². The van der Waals surface area contributed by atoms with Gasteiger partial charge < -0.3 is 14.9 Å². The van der Waals surface area contributed by atoms with Crippen molar-refractivity contribution in [3.8, 4) is 0 Å². The molecule has 1 fully saturated rings. The van der Waals surface area contributed by atoms with Crippen molar-refractivity contribution in [2.45, 2.75) is 24.9 Å². The van der Waals surface area contributed by atoms with Gasteiger partial charge in [-0.05, 0) is 20.9 Å². The summed E-state index contributed by atoms with van der Waals surface area (Å²) in [5.41, 5.74) is -1.03. The standard InChI is InChI=1S/C11H12Br2N2O5/c12-2-7(13)6-3-15(11(19)14-9(6)18)10-8(17)1-5(4-16)20-10/h2-3,5,8,10,16-17H,1,4H2,(H,14,18,19)/b7-2+/t5-,8+,10+/m0/s1. The van der Waals surface area contributed by atoms with Crippen molar-refractivity contribution in [2.24, 2.45) is 0 Å². The second kappa shape index (κ2) is 6.35. The molecule has 1 aromatic rings. The topological polar surface area (TPSA) is 105 Å². The number of hydrogen-bond donors (Lipinski definition) is 3. The summed E-state index contributed by atoms with van der Waals surface area (Å²) in [4.78, 5) is 27.2. The number of H-pyrrole nitrogens is 1. The molecule has 110 valence electrons. The quantitative estimate of drug-likeness (QED) is 0.662. The van der Waals surface area contributed by atoms with Crippen LogP contribution in [0.3, 0.4) is 0 Å². The first-order valence-electron chi connectivity index (χ1n) is 5.74. The Morgan fingerprint density at radius 3 is 2.85 bits per heavy atom. The van der Waals surface area contributed by atoms with Crippen LogP contribution in [0.2, 0.25) is 0 Å². The summed E-state index contributed by atoms with van der Waals surface area (Å²) >= 11 is 6.26. The maximum Gasteiger partial charge on any atom is 0.330 e. The number of nitrogens with zero attached hydrogens (tertiary/aromatic N) is 1. The van der Waals surface area contributed by atoms with Crippen LogP contribution in [0.4, 0.5) is 0 Å². The van der Waals surface area contributed by atoms with Gasteiger partial charge in [-0.3, -0.25) is 14.3 Å². The Balaban J connectivity index is 2.47. The minimum absolute atomic E-state index is 0.213. The molecule has 0 saturated carbocycles. The van der Waals surface area contributed by atoms with Crippen molar-refractivity contribution in [1.82, 2.24) is 9.55 Å². The van der Waals surface area contributed by atoms with Gasteiger partial charge in [0.2, 0.25) is 0 Å². The number of aromatic amines is 1. The number of ether oxygens (including phenoxy) is 1. The van der Waals surface area contributed by atoms with Gasteiger partial charge in [-0.25, -0.2) is 4.79 Å². The maximum absolute atomic E-state index is 11.8. The van der Waals surface area contributed by atoms with Gasteiger partial charge in [0.05, 0.1) is 18.3 Å². The lowest BCUT2D eigenvalue weighted by Crippen LogP contribution is -2.36. The highest BCUT2D eigenvalue weighted by atomic mass is 79.9. The number of aliphatic hydroxyl groups excluding tert-OH is 2. The first-order chi connectivity index (χ1) is 9.47. The normalized spacial score (nSPS) is 27.0. The van der Waals surface area contributed by atoms with Crippen molar-refractivity contribution in [3.05, 3.63) is 37.6 Å². The molecule has 1 aliphatic heterocycles. The molecule has 9 heteroatoms. The van der Waals surface area contributed by atoms with Gasteiger partial charge in [-0.2, -0.15) is 0 Å². The number of rotatable bonds is 3. The molecule has 7 nitrogen and oxygen atoms in total. The van der Waals surface area contributed by atoms with E-state index in [2.05, 4.69) is 36.8 Å². The zero-order valence-corrected chi connectivity index (χ0v) is 13.3. The van der Waals surface area contributed by atoms with Gasteiger partial charge in [0.1, 0.15) is 6.10 Å². The number of nitrogens with one attached hydrogen (secondary N) is 1. The van der Waals surface area contributed by atoms with E-state index in [4.69, 9.17) is 9.84 Å².